The summed E-state index contributed by atoms with van der Waals surface area (Å²) in [5.41, 5.74) is 3.10. The summed E-state index contributed by atoms with van der Waals surface area (Å²) < 4.78 is 0. The average Bonchev–Trinajstić information content (AvgIpc) is 2.81. The highest BCUT2D eigenvalue weighted by Crippen LogP contribution is 2.32. The number of hydrogen-bond donors (Lipinski definition) is 2. The van der Waals surface area contributed by atoms with Gasteiger partial charge in [-0.3, -0.25) is 15.5 Å². The van der Waals surface area contributed by atoms with E-state index in [0.29, 0.717) is 28.0 Å². The third kappa shape index (κ3) is 1.77. The normalized spacial score (nSPS) is 22.1. The number of hydroxylamine groups is 1. The molecule has 0 spiro atoms. The topological polar surface area (TPSA) is 64.9 Å². The molecule has 1 atom stereocenters. The summed E-state index contributed by atoms with van der Waals surface area (Å²) in [5, 5.41) is 9.68. The molecule has 5 nitrogen and oxygen atoms in total. The van der Waals surface area contributed by atoms with Gasteiger partial charge >= 0.3 is 0 Å². The third-order valence-electron chi connectivity index (χ3n) is 3.00. The predicted octanol–water partition coefficient (Wildman–Crippen LogP) is 1.88. The van der Waals surface area contributed by atoms with Crippen LogP contribution < -0.4 is 5.48 Å². The number of hydrogen-bond acceptors (Lipinski definition) is 5. The fraction of sp³-hybridized carbons (Fsp3) is 0.273. The predicted molar refractivity (Wildman–Crippen MR) is 70.8 cm³/mol. The zero-order valence-corrected chi connectivity index (χ0v) is 10.8. The molecule has 94 valence electrons. The summed E-state index contributed by atoms with van der Waals surface area (Å²) in [6.07, 6.45) is 0. The first-order chi connectivity index (χ1) is 8.70. The highest BCUT2D eigenvalue weighted by atomic mass is 35.5. The maximum Gasteiger partial charge on any atom is 0.257 e. The summed E-state index contributed by atoms with van der Waals surface area (Å²) in [4.78, 5) is 18.4. The maximum absolute atomic E-state index is 12.4. The minimum Gasteiger partial charge on any atom is -0.318 e. The van der Waals surface area contributed by atoms with Crippen LogP contribution in [0.15, 0.2) is 23.2 Å². The summed E-state index contributed by atoms with van der Waals surface area (Å²) in [5.74, 6) is 1.61. The van der Waals surface area contributed by atoms with E-state index in [4.69, 9.17) is 11.6 Å². The van der Waals surface area contributed by atoms with E-state index in [0.717, 1.165) is 5.75 Å². The molecular formula is C11H10ClN3O2S. The average molecular weight is 284 g/mol. The molecule has 0 radical (unpaired) electrons. The van der Waals surface area contributed by atoms with Crippen molar-refractivity contribution in [2.45, 2.75) is 6.04 Å². The van der Waals surface area contributed by atoms with E-state index < -0.39 is 0 Å². The van der Waals surface area contributed by atoms with E-state index >= 15 is 0 Å². The lowest BCUT2D eigenvalue weighted by atomic mass is 10.1. The molecule has 1 aromatic rings. The summed E-state index contributed by atoms with van der Waals surface area (Å²) in [6, 6.07) is 4.77. The minimum absolute atomic E-state index is 0.100. The molecule has 0 aliphatic carbocycles. The summed E-state index contributed by atoms with van der Waals surface area (Å²) in [7, 11) is 0. The van der Waals surface area contributed by atoms with E-state index in [9.17, 15) is 10.0 Å². The number of nitrogens with zero attached hydrogens (tertiary/aromatic N) is 2. The van der Waals surface area contributed by atoms with E-state index in [-0.39, 0.29) is 11.9 Å². The largest absolute Gasteiger partial charge is 0.318 e. The Morgan fingerprint density at radius 2 is 2.39 bits per heavy atom. The monoisotopic (exact) mass is 283 g/mol. The lowest BCUT2D eigenvalue weighted by molar-refractivity contribution is 0.0777. The smallest absolute Gasteiger partial charge is 0.257 e. The Bertz CT molecular complexity index is 549. The van der Waals surface area contributed by atoms with Crippen LogP contribution in [0.1, 0.15) is 10.4 Å². The minimum atomic E-state index is -0.210. The van der Waals surface area contributed by atoms with Crippen LogP contribution in [0.5, 0.6) is 0 Å². The van der Waals surface area contributed by atoms with Crippen molar-refractivity contribution in [2.24, 2.45) is 4.99 Å². The maximum atomic E-state index is 12.4. The van der Waals surface area contributed by atoms with Crippen LogP contribution in [-0.2, 0) is 0 Å². The molecule has 7 heteroatoms. The van der Waals surface area contributed by atoms with Gasteiger partial charge in [-0.25, -0.2) is 4.99 Å². The van der Waals surface area contributed by atoms with Crippen molar-refractivity contribution in [3.63, 3.8) is 0 Å². The number of carbonyl (C=O) groups is 1. The number of aliphatic imine (C=N–C) groups is 1. The van der Waals surface area contributed by atoms with Crippen molar-refractivity contribution in [1.29, 1.82) is 0 Å². The molecule has 0 bridgehead atoms. The van der Waals surface area contributed by atoms with E-state index in [1.54, 1.807) is 34.9 Å². The van der Waals surface area contributed by atoms with Crippen LogP contribution in [0.25, 0.3) is 0 Å². The van der Waals surface area contributed by atoms with Crippen LogP contribution in [0.2, 0.25) is 5.02 Å². The molecule has 1 aromatic carbocycles. The number of amidine groups is 1. The second-order valence-corrected chi connectivity index (χ2v) is 5.50. The molecule has 2 heterocycles. The molecular weight excluding hydrogens is 274 g/mol. The first-order valence-corrected chi connectivity index (χ1v) is 6.91. The Kier molecular flexibility index (Phi) is 2.93. The fourth-order valence-corrected chi connectivity index (χ4v) is 3.44. The van der Waals surface area contributed by atoms with E-state index in [2.05, 4.69) is 10.5 Å². The van der Waals surface area contributed by atoms with Gasteiger partial charge in [-0.2, -0.15) is 0 Å². The Morgan fingerprint density at radius 3 is 3.17 bits per heavy atom. The zero-order chi connectivity index (χ0) is 12.7. The van der Waals surface area contributed by atoms with Crippen LogP contribution in [-0.4, -0.2) is 39.5 Å². The van der Waals surface area contributed by atoms with Gasteiger partial charge in [0, 0.05) is 10.8 Å². The number of fused-ring (bicyclic) bond motifs is 2. The molecule has 1 unspecified atom stereocenters. The second kappa shape index (κ2) is 4.46. The molecule has 1 saturated heterocycles. The molecule has 0 saturated carbocycles. The Hall–Kier alpha value is -1.24. The molecule has 18 heavy (non-hydrogen) atoms. The van der Waals surface area contributed by atoms with Gasteiger partial charge in [0.25, 0.3) is 5.91 Å². The van der Waals surface area contributed by atoms with Crippen molar-refractivity contribution < 1.29 is 10.0 Å². The van der Waals surface area contributed by atoms with Crippen LogP contribution >= 0.6 is 23.4 Å². The highest BCUT2D eigenvalue weighted by Gasteiger charge is 2.36. The lowest BCUT2D eigenvalue weighted by Gasteiger charge is -2.21. The Labute approximate surface area is 113 Å². The molecule has 1 fully saturated rings. The number of rotatable bonds is 0. The Balaban J connectivity index is 2.16. The molecule has 0 aromatic heterocycles. The van der Waals surface area contributed by atoms with Gasteiger partial charge in [0.05, 0.1) is 17.1 Å². The van der Waals surface area contributed by atoms with Gasteiger partial charge in [-0.15, -0.1) is 11.8 Å². The number of carbonyl (C=O) groups excluding carboxylic acids is 1. The van der Waals surface area contributed by atoms with Crippen molar-refractivity contribution in [1.82, 2.24) is 10.4 Å². The van der Waals surface area contributed by atoms with Gasteiger partial charge in [-0.05, 0) is 18.2 Å². The number of thioether (sulfide) groups is 1. The van der Waals surface area contributed by atoms with Crippen molar-refractivity contribution >= 4 is 40.8 Å². The Morgan fingerprint density at radius 1 is 1.56 bits per heavy atom. The molecule has 2 N–H and O–H groups in total. The zero-order valence-electron chi connectivity index (χ0n) is 9.26. The number of halogens is 1. The number of nitrogens with one attached hydrogen (secondary N) is 1. The molecule has 3 rings (SSSR count). The first kappa shape index (κ1) is 11.8. The van der Waals surface area contributed by atoms with E-state index in [1.807, 2.05) is 0 Å². The van der Waals surface area contributed by atoms with Gasteiger partial charge in [0.2, 0.25) is 0 Å². The second-order valence-electron chi connectivity index (χ2n) is 4.06. The van der Waals surface area contributed by atoms with Crippen LogP contribution in [0, 0.1) is 0 Å². The fourth-order valence-electron chi connectivity index (χ4n) is 2.10. The summed E-state index contributed by atoms with van der Waals surface area (Å²) >= 11 is 7.55. The molecule has 1 amide bonds. The van der Waals surface area contributed by atoms with E-state index in [1.165, 1.54) is 0 Å². The van der Waals surface area contributed by atoms with Crippen molar-refractivity contribution in [3.8, 4) is 0 Å². The van der Waals surface area contributed by atoms with Gasteiger partial charge in [-0.1, -0.05) is 11.6 Å². The highest BCUT2D eigenvalue weighted by molar-refractivity contribution is 7.99. The van der Waals surface area contributed by atoms with Gasteiger partial charge in [0.15, 0.2) is 0 Å². The van der Waals surface area contributed by atoms with Crippen LogP contribution in [0.3, 0.4) is 0 Å². The first-order valence-electron chi connectivity index (χ1n) is 5.37. The third-order valence-corrected chi connectivity index (χ3v) is 4.25. The van der Waals surface area contributed by atoms with Crippen molar-refractivity contribution in [3.05, 3.63) is 28.8 Å². The quantitative estimate of drug-likeness (QED) is 0.714. The van der Waals surface area contributed by atoms with Gasteiger partial charge in [0.1, 0.15) is 11.9 Å². The lowest BCUT2D eigenvalue weighted by Crippen LogP contribution is -2.45. The van der Waals surface area contributed by atoms with Crippen LogP contribution in [0.4, 0.5) is 5.69 Å². The SMILES string of the molecule is O=C1c2cc(Cl)ccc2N=C(NO)C2CSCN12. The number of amides is 1. The summed E-state index contributed by atoms with van der Waals surface area (Å²) in [6.45, 7) is 0. The standard InChI is InChI=1S/C11H10ClN3O2S/c12-6-1-2-8-7(3-6)11(16)15-5-18-4-9(15)10(13-8)14-17/h1-3,9,17H,4-5H2,(H,13,14). The van der Waals surface area contributed by atoms with Crippen molar-refractivity contribution in [2.75, 3.05) is 11.6 Å². The molecule has 2 aliphatic rings. The molecule has 2 aliphatic heterocycles. The number of benzene rings is 1. The van der Waals surface area contributed by atoms with Gasteiger partial charge < -0.3 is 4.90 Å².